The highest BCUT2D eigenvalue weighted by Crippen LogP contribution is 2.31. The molecule has 1 unspecified atom stereocenters. The van der Waals surface area contributed by atoms with Crippen LogP contribution in [0.25, 0.3) is 0 Å². The summed E-state index contributed by atoms with van der Waals surface area (Å²) >= 11 is 1.74. The van der Waals surface area contributed by atoms with Crippen LogP contribution in [0.2, 0.25) is 0 Å². The third-order valence-electron chi connectivity index (χ3n) is 3.46. The molecule has 2 rings (SSSR count). The number of hydrogen-bond acceptors (Lipinski definition) is 3. The smallest absolute Gasteiger partial charge is 0.129 e. The van der Waals surface area contributed by atoms with Crippen molar-refractivity contribution in [3.8, 4) is 5.75 Å². The van der Waals surface area contributed by atoms with E-state index in [0.717, 1.165) is 12.3 Å². The molecule has 1 atom stereocenters. The van der Waals surface area contributed by atoms with Crippen molar-refractivity contribution in [2.75, 3.05) is 13.7 Å². The summed E-state index contributed by atoms with van der Waals surface area (Å²) < 4.78 is 5.29. The van der Waals surface area contributed by atoms with Crippen molar-refractivity contribution in [1.29, 1.82) is 0 Å². The van der Waals surface area contributed by atoms with E-state index in [1.807, 2.05) is 0 Å². The van der Waals surface area contributed by atoms with Crippen molar-refractivity contribution in [3.05, 3.63) is 51.7 Å². The minimum Gasteiger partial charge on any atom is -0.496 e. The molecule has 1 heterocycles. The molecule has 2 nitrogen and oxygen atoms in total. The summed E-state index contributed by atoms with van der Waals surface area (Å²) in [5.74, 6) is 1.51. The molecule has 20 heavy (non-hydrogen) atoms. The van der Waals surface area contributed by atoms with Gasteiger partial charge in [-0.25, -0.2) is 0 Å². The van der Waals surface area contributed by atoms with Gasteiger partial charge in [0.2, 0.25) is 0 Å². The average Bonchev–Trinajstić information content (AvgIpc) is 2.93. The van der Waals surface area contributed by atoms with Crippen molar-refractivity contribution in [2.45, 2.75) is 32.7 Å². The molecule has 1 aromatic carbocycles. The first kappa shape index (κ1) is 15.1. The van der Waals surface area contributed by atoms with Crippen LogP contribution in [0, 0.1) is 0 Å². The zero-order valence-corrected chi connectivity index (χ0v) is 13.5. The topological polar surface area (TPSA) is 21.3 Å². The summed E-state index contributed by atoms with van der Waals surface area (Å²) in [5, 5.41) is 5.61. The first-order chi connectivity index (χ1) is 9.65. The van der Waals surface area contributed by atoms with Gasteiger partial charge in [-0.05, 0) is 29.7 Å². The molecule has 0 spiro atoms. The molecule has 2 aromatic rings. The van der Waals surface area contributed by atoms with Crippen molar-refractivity contribution < 1.29 is 4.74 Å². The molecule has 0 radical (unpaired) electrons. The van der Waals surface area contributed by atoms with Crippen LogP contribution in [0.5, 0.6) is 5.75 Å². The van der Waals surface area contributed by atoms with Gasteiger partial charge in [-0.15, -0.1) is 11.3 Å². The van der Waals surface area contributed by atoms with Gasteiger partial charge < -0.3 is 10.1 Å². The molecular formula is C17H23NOS. The molecule has 0 amide bonds. The second kappa shape index (κ2) is 6.91. The molecule has 1 N–H and O–H groups in total. The molecule has 0 fully saturated rings. The Morgan fingerprint density at radius 3 is 2.30 bits per heavy atom. The third-order valence-corrected chi connectivity index (χ3v) is 4.44. The lowest BCUT2D eigenvalue weighted by atomic mass is 9.98. The second-order valence-corrected chi connectivity index (χ2v) is 6.14. The van der Waals surface area contributed by atoms with Crippen molar-refractivity contribution >= 4 is 11.3 Å². The molecule has 0 saturated heterocycles. The maximum Gasteiger partial charge on any atom is 0.129 e. The molecule has 0 aliphatic carbocycles. The number of benzene rings is 1. The van der Waals surface area contributed by atoms with Crippen molar-refractivity contribution in [2.24, 2.45) is 0 Å². The van der Waals surface area contributed by atoms with Gasteiger partial charge in [0, 0.05) is 10.3 Å². The monoisotopic (exact) mass is 289 g/mol. The normalized spacial score (nSPS) is 12.7. The summed E-state index contributed by atoms with van der Waals surface area (Å²) in [7, 11) is 1.71. The van der Waals surface area contributed by atoms with E-state index < -0.39 is 0 Å². The van der Waals surface area contributed by atoms with E-state index in [9.17, 15) is 0 Å². The van der Waals surface area contributed by atoms with Gasteiger partial charge in [0.05, 0.1) is 13.2 Å². The molecular weight excluding hydrogens is 266 g/mol. The van der Waals surface area contributed by atoms with Gasteiger partial charge in [-0.2, -0.15) is 0 Å². The lowest BCUT2D eigenvalue weighted by molar-refractivity contribution is 0.416. The first-order valence-corrected chi connectivity index (χ1v) is 7.99. The largest absolute Gasteiger partial charge is 0.496 e. The minimum absolute atomic E-state index is 0.245. The average molecular weight is 289 g/mol. The summed E-state index contributed by atoms with van der Waals surface area (Å²) in [6, 6.07) is 11.3. The van der Waals surface area contributed by atoms with Crippen LogP contribution >= 0.6 is 11.3 Å². The second-order valence-electron chi connectivity index (χ2n) is 5.20. The Balaban J connectivity index is 2.27. The van der Waals surface area contributed by atoms with Gasteiger partial charge in [-0.1, -0.05) is 45.0 Å². The Morgan fingerprint density at radius 2 is 1.80 bits per heavy atom. The Labute approximate surface area is 125 Å². The van der Waals surface area contributed by atoms with Crippen LogP contribution in [0.15, 0.2) is 35.7 Å². The Kier molecular flexibility index (Phi) is 5.21. The third kappa shape index (κ3) is 3.41. The molecule has 0 aliphatic heterocycles. The molecule has 0 bridgehead atoms. The molecule has 1 aromatic heterocycles. The maximum atomic E-state index is 5.29. The van der Waals surface area contributed by atoms with E-state index in [2.05, 4.69) is 61.8 Å². The summed E-state index contributed by atoms with van der Waals surface area (Å²) in [4.78, 5) is 1.29. The SMILES string of the molecule is CCNC(c1ccc(C(C)C)cc1)c1cc(OC)cs1. The zero-order valence-electron chi connectivity index (χ0n) is 12.6. The van der Waals surface area contributed by atoms with E-state index in [4.69, 9.17) is 4.74 Å². The van der Waals surface area contributed by atoms with Crippen LogP contribution in [0.1, 0.15) is 48.7 Å². The highest BCUT2D eigenvalue weighted by Gasteiger charge is 2.15. The van der Waals surface area contributed by atoms with Crippen LogP contribution in [-0.2, 0) is 0 Å². The van der Waals surface area contributed by atoms with Crippen LogP contribution < -0.4 is 10.1 Å². The first-order valence-electron chi connectivity index (χ1n) is 7.11. The summed E-state index contributed by atoms with van der Waals surface area (Å²) in [6.45, 7) is 7.53. The van der Waals surface area contributed by atoms with Gasteiger partial charge in [-0.3, -0.25) is 0 Å². The fourth-order valence-corrected chi connectivity index (χ4v) is 3.21. The van der Waals surface area contributed by atoms with Crippen LogP contribution in [-0.4, -0.2) is 13.7 Å². The van der Waals surface area contributed by atoms with E-state index in [-0.39, 0.29) is 6.04 Å². The number of ether oxygens (including phenoxy) is 1. The zero-order chi connectivity index (χ0) is 14.5. The van der Waals surface area contributed by atoms with E-state index in [1.165, 1.54) is 16.0 Å². The number of thiophene rings is 1. The molecule has 0 saturated carbocycles. The molecule has 0 aliphatic rings. The van der Waals surface area contributed by atoms with Gasteiger partial charge in [0.1, 0.15) is 5.75 Å². The predicted molar refractivity (Wildman–Crippen MR) is 86.9 cm³/mol. The highest BCUT2D eigenvalue weighted by molar-refractivity contribution is 7.10. The van der Waals surface area contributed by atoms with Gasteiger partial charge in [0.25, 0.3) is 0 Å². The minimum atomic E-state index is 0.245. The van der Waals surface area contributed by atoms with E-state index >= 15 is 0 Å². The van der Waals surface area contributed by atoms with Crippen molar-refractivity contribution in [3.63, 3.8) is 0 Å². The number of methoxy groups -OCH3 is 1. The number of nitrogens with one attached hydrogen (secondary N) is 1. The Bertz CT molecular complexity index is 530. The fourth-order valence-electron chi connectivity index (χ4n) is 2.25. The Morgan fingerprint density at radius 1 is 1.15 bits per heavy atom. The summed E-state index contributed by atoms with van der Waals surface area (Å²) in [6.07, 6.45) is 0. The maximum absolute atomic E-state index is 5.29. The van der Waals surface area contributed by atoms with Crippen molar-refractivity contribution in [1.82, 2.24) is 5.32 Å². The van der Waals surface area contributed by atoms with E-state index in [1.54, 1.807) is 18.4 Å². The quantitative estimate of drug-likeness (QED) is 0.840. The number of rotatable bonds is 6. The predicted octanol–water partition coefficient (Wildman–Crippen LogP) is 4.58. The van der Waals surface area contributed by atoms with Crippen LogP contribution in [0.3, 0.4) is 0 Å². The molecule has 108 valence electrons. The lowest BCUT2D eigenvalue weighted by Gasteiger charge is -2.18. The summed E-state index contributed by atoms with van der Waals surface area (Å²) in [5.41, 5.74) is 2.69. The van der Waals surface area contributed by atoms with Gasteiger partial charge in [0.15, 0.2) is 0 Å². The van der Waals surface area contributed by atoms with E-state index in [0.29, 0.717) is 5.92 Å². The van der Waals surface area contributed by atoms with Gasteiger partial charge >= 0.3 is 0 Å². The molecule has 3 heteroatoms. The Hall–Kier alpha value is -1.32. The number of hydrogen-bond donors (Lipinski definition) is 1. The lowest BCUT2D eigenvalue weighted by Crippen LogP contribution is -2.21. The highest BCUT2D eigenvalue weighted by atomic mass is 32.1. The fraction of sp³-hybridized carbons (Fsp3) is 0.412. The van der Waals surface area contributed by atoms with Crippen LogP contribution in [0.4, 0.5) is 0 Å². The standard InChI is InChI=1S/C17H23NOS/c1-5-18-17(16-10-15(19-4)11-20-16)14-8-6-13(7-9-14)12(2)3/h6-12,17-18H,5H2,1-4H3.